The molecule has 0 N–H and O–H groups in total. The van der Waals surface area contributed by atoms with Gasteiger partial charge in [-0.15, -0.1) is 22.7 Å². The van der Waals surface area contributed by atoms with E-state index in [-0.39, 0.29) is 5.56 Å². The Morgan fingerprint density at radius 2 is 1.72 bits per heavy atom. The largest absolute Gasteiger partial charge is 0.495 e. The molecule has 0 aliphatic heterocycles. The van der Waals surface area contributed by atoms with Crippen LogP contribution in [0.2, 0.25) is 5.02 Å². The second kappa shape index (κ2) is 12.8. The predicted molar refractivity (Wildman–Crippen MR) is 199 cm³/mol. The number of rotatable bonds is 6. The van der Waals surface area contributed by atoms with Gasteiger partial charge in [-0.1, -0.05) is 52.7 Å². The smallest absolute Gasteiger partial charge is 0.267 e. The molecule has 4 aromatic heterocycles. The van der Waals surface area contributed by atoms with Gasteiger partial charge in [0.2, 0.25) is 0 Å². The van der Waals surface area contributed by atoms with Crippen molar-refractivity contribution in [1.82, 2.24) is 19.5 Å². The molecular weight excluding hydrogens is 732 g/mol. The number of methoxy groups -OCH3 is 1. The molecule has 1 atom stereocenters. The fourth-order valence-corrected chi connectivity index (χ4v) is 10.8. The average molecular weight is 762 g/mol. The topological polar surface area (TPSA) is 69.9 Å². The molecule has 0 saturated carbocycles. The molecule has 6 aromatic rings. The first-order valence-corrected chi connectivity index (χ1v) is 19.3. The maximum atomic E-state index is 14.7. The van der Waals surface area contributed by atoms with Crippen molar-refractivity contribution in [3.05, 3.63) is 94.6 Å². The first-order chi connectivity index (χ1) is 22.9. The Kier molecular flexibility index (Phi) is 8.50. The lowest BCUT2D eigenvalue weighted by Gasteiger charge is -2.18. The van der Waals surface area contributed by atoms with E-state index in [4.69, 9.17) is 31.3 Å². The number of aromatic nitrogens is 4. The molecule has 6 nitrogen and oxygen atoms in total. The van der Waals surface area contributed by atoms with Gasteiger partial charge in [-0.3, -0.25) is 9.36 Å². The van der Waals surface area contributed by atoms with E-state index in [9.17, 15) is 4.79 Å². The Labute approximate surface area is 298 Å². The highest BCUT2D eigenvalue weighted by molar-refractivity contribution is 9.10. The number of hydrogen-bond donors (Lipinski definition) is 0. The number of aryl methyl sites for hydroxylation is 3. The van der Waals surface area contributed by atoms with E-state index in [2.05, 4.69) is 35.0 Å². The normalized spacial score (nSPS) is 16.2. The van der Waals surface area contributed by atoms with Crippen LogP contribution in [0.3, 0.4) is 0 Å². The first kappa shape index (κ1) is 31.3. The van der Waals surface area contributed by atoms with Gasteiger partial charge in [-0.25, -0.2) is 15.0 Å². The summed E-state index contributed by atoms with van der Waals surface area (Å²) in [6.45, 7) is 2.28. The van der Waals surface area contributed by atoms with E-state index in [1.54, 1.807) is 52.5 Å². The molecule has 47 heavy (non-hydrogen) atoms. The van der Waals surface area contributed by atoms with Crippen molar-refractivity contribution in [2.45, 2.75) is 62.1 Å². The number of nitrogens with zero attached hydrogens (tertiary/aromatic N) is 4. The molecule has 1 unspecified atom stereocenters. The predicted octanol–water partition coefficient (Wildman–Crippen LogP) is 10.2. The third-order valence-corrected chi connectivity index (χ3v) is 13.0. The second-order valence-corrected chi connectivity index (χ2v) is 16.6. The number of ether oxygens (including phenoxy) is 1. The maximum absolute atomic E-state index is 14.7. The van der Waals surface area contributed by atoms with E-state index in [0.29, 0.717) is 38.7 Å². The summed E-state index contributed by atoms with van der Waals surface area (Å²) in [7, 11) is 1.61. The summed E-state index contributed by atoms with van der Waals surface area (Å²) < 4.78 is 8.50. The molecule has 0 spiro atoms. The maximum Gasteiger partial charge on any atom is 0.267 e. The third kappa shape index (κ3) is 5.86. The van der Waals surface area contributed by atoms with E-state index < -0.39 is 0 Å². The van der Waals surface area contributed by atoms with Gasteiger partial charge in [0, 0.05) is 24.6 Å². The van der Waals surface area contributed by atoms with Crippen LogP contribution in [0.25, 0.3) is 38.3 Å². The van der Waals surface area contributed by atoms with Gasteiger partial charge in [0.05, 0.1) is 18.2 Å². The first-order valence-electron chi connectivity index (χ1n) is 15.7. The van der Waals surface area contributed by atoms with Crippen molar-refractivity contribution in [2.24, 2.45) is 5.92 Å². The third-order valence-electron chi connectivity index (χ3n) is 8.96. The SMILES string of the molecule is COc1ccc(Cl)cc1-n1c(Sc2nc(/C=C/c3ccc(Br)cc3)nc3sc4c(c23)CCCC4)nc2sc3c(c2c1=O)CCC(C)C3. The van der Waals surface area contributed by atoms with Crippen LogP contribution in [-0.2, 0) is 25.7 Å². The molecule has 0 bridgehead atoms. The Balaban J connectivity index is 1.35. The number of benzene rings is 2. The fraction of sp³-hybridized carbons (Fsp3) is 0.278. The zero-order valence-corrected chi connectivity index (χ0v) is 30.6. The lowest BCUT2D eigenvalue weighted by atomic mass is 9.89. The van der Waals surface area contributed by atoms with Crippen molar-refractivity contribution in [3.8, 4) is 11.4 Å². The van der Waals surface area contributed by atoms with Crippen LogP contribution in [0, 0.1) is 5.92 Å². The van der Waals surface area contributed by atoms with Crippen LogP contribution in [0.4, 0.5) is 0 Å². The summed E-state index contributed by atoms with van der Waals surface area (Å²) in [6.07, 6.45) is 11.3. The van der Waals surface area contributed by atoms with E-state index in [0.717, 1.165) is 74.2 Å². The second-order valence-electron chi connectivity index (χ2n) is 12.1. The quantitative estimate of drug-likeness (QED) is 0.124. The van der Waals surface area contributed by atoms with Crippen molar-refractivity contribution in [1.29, 1.82) is 0 Å². The standard InChI is InChI=1S/C36H30BrClN4O2S3/c1-19-7-14-24-28(17-19)46-34-31(24)35(43)42(25-18-22(38)13-15-26(25)44-2)36(41-34)47-33-30-23-5-3-4-6-27(23)45-32(30)39-29(40-33)16-10-20-8-11-21(37)12-9-20/h8-13,15-16,18-19H,3-7,14,17H2,1-2H3/b16-10+. The van der Waals surface area contributed by atoms with E-state index in [1.807, 2.05) is 24.3 Å². The summed E-state index contributed by atoms with van der Waals surface area (Å²) in [4.78, 5) is 34.5. The molecule has 2 aliphatic carbocycles. The summed E-state index contributed by atoms with van der Waals surface area (Å²) in [5, 5.41) is 3.65. The van der Waals surface area contributed by atoms with Gasteiger partial charge in [-0.05, 0) is 116 Å². The number of fused-ring (bicyclic) bond motifs is 6. The molecule has 4 heterocycles. The molecule has 0 saturated heterocycles. The molecule has 8 rings (SSSR count). The van der Waals surface area contributed by atoms with E-state index in [1.165, 1.54) is 33.5 Å². The van der Waals surface area contributed by atoms with Crippen LogP contribution in [0.15, 0.2) is 61.9 Å². The van der Waals surface area contributed by atoms with Gasteiger partial charge in [0.1, 0.15) is 20.4 Å². The highest BCUT2D eigenvalue weighted by atomic mass is 79.9. The molecule has 0 fully saturated rings. The Hall–Kier alpha value is -3.02. The van der Waals surface area contributed by atoms with Crippen LogP contribution in [0.5, 0.6) is 5.75 Å². The van der Waals surface area contributed by atoms with Crippen molar-refractivity contribution in [2.75, 3.05) is 7.11 Å². The molecule has 0 radical (unpaired) electrons. The highest BCUT2D eigenvalue weighted by Gasteiger charge is 2.28. The summed E-state index contributed by atoms with van der Waals surface area (Å²) in [5.41, 5.74) is 4.00. The van der Waals surface area contributed by atoms with Gasteiger partial charge >= 0.3 is 0 Å². The van der Waals surface area contributed by atoms with Crippen molar-refractivity contribution < 1.29 is 4.74 Å². The average Bonchev–Trinajstić information content (AvgIpc) is 3.62. The molecular formula is C36H30BrClN4O2S3. The molecule has 0 amide bonds. The number of hydrogen-bond acceptors (Lipinski definition) is 8. The number of thiophene rings is 2. The van der Waals surface area contributed by atoms with Crippen molar-refractivity contribution >= 4 is 94.6 Å². The van der Waals surface area contributed by atoms with Crippen LogP contribution in [-0.4, -0.2) is 26.6 Å². The van der Waals surface area contributed by atoms with Gasteiger partial charge < -0.3 is 4.74 Å². The molecule has 11 heteroatoms. The summed E-state index contributed by atoms with van der Waals surface area (Å²) in [6, 6.07) is 13.5. The lowest BCUT2D eigenvalue weighted by Crippen LogP contribution is -2.23. The van der Waals surface area contributed by atoms with E-state index >= 15 is 0 Å². The van der Waals surface area contributed by atoms with Gasteiger partial charge in [0.15, 0.2) is 11.0 Å². The van der Waals surface area contributed by atoms with Gasteiger partial charge in [-0.2, -0.15) is 0 Å². The fourth-order valence-electron chi connectivity index (χ4n) is 6.61. The van der Waals surface area contributed by atoms with Gasteiger partial charge in [0.25, 0.3) is 5.56 Å². The van der Waals surface area contributed by atoms with Crippen LogP contribution in [0.1, 0.15) is 58.5 Å². The monoisotopic (exact) mass is 760 g/mol. The number of halogens is 2. The minimum Gasteiger partial charge on any atom is -0.495 e. The minimum absolute atomic E-state index is 0.0990. The molecule has 2 aliphatic rings. The zero-order chi connectivity index (χ0) is 32.2. The molecule has 2 aromatic carbocycles. The molecule has 238 valence electrons. The zero-order valence-electron chi connectivity index (χ0n) is 25.8. The summed E-state index contributed by atoms with van der Waals surface area (Å²) >= 11 is 14.9. The Morgan fingerprint density at radius 3 is 2.55 bits per heavy atom. The minimum atomic E-state index is -0.0990. The Bertz CT molecular complexity index is 2280. The Morgan fingerprint density at radius 1 is 0.957 bits per heavy atom. The highest BCUT2D eigenvalue weighted by Crippen LogP contribution is 2.43. The van der Waals surface area contributed by atoms with Crippen molar-refractivity contribution in [3.63, 3.8) is 0 Å². The lowest BCUT2D eigenvalue weighted by molar-refractivity contribution is 0.411. The van der Waals surface area contributed by atoms with Crippen LogP contribution >= 0.6 is 62.0 Å². The summed E-state index contributed by atoms with van der Waals surface area (Å²) in [5.74, 6) is 1.76. The van der Waals surface area contributed by atoms with Crippen LogP contribution < -0.4 is 10.3 Å².